The van der Waals surface area contributed by atoms with Gasteiger partial charge in [0.05, 0.1) is 6.10 Å². The lowest BCUT2D eigenvalue weighted by atomic mass is 10.1. The summed E-state index contributed by atoms with van der Waals surface area (Å²) >= 11 is 0. The highest BCUT2D eigenvalue weighted by atomic mass is 16.5. The van der Waals surface area contributed by atoms with E-state index in [0.29, 0.717) is 11.3 Å². The molecule has 1 atom stereocenters. The first-order valence-corrected chi connectivity index (χ1v) is 6.17. The molecule has 0 aromatic heterocycles. The zero-order valence-corrected chi connectivity index (χ0v) is 11.2. The van der Waals surface area contributed by atoms with Crippen LogP contribution in [0.3, 0.4) is 0 Å². The molecule has 0 radical (unpaired) electrons. The van der Waals surface area contributed by atoms with Crippen LogP contribution in [0.15, 0.2) is 24.3 Å². The van der Waals surface area contributed by atoms with Gasteiger partial charge in [-0.2, -0.15) is 0 Å². The lowest BCUT2D eigenvalue weighted by molar-refractivity contribution is 0.0871. The van der Waals surface area contributed by atoms with Gasteiger partial charge in [0, 0.05) is 12.1 Å². The van der Waals surface area contributed by atoms with Crippen molar-refractivity contribution in [2.75, 3.05) is 13.2 Å². The third kappa shape index (κ3) is 5.02. The Labute approximate surface area is 113 Å². The number of ether oxygens (including phenoxy) is 1. The molecule has 1 rings (SSSR count). The Hall–Kier alpha value is -1.99. The number of rotatable bonds is 6. The smallest absolute Gasteiger partial charge is 0.251 e. The first-order valence-electron chi connectivity index (χ1n) is 6.17. The Morgan fingerprint density at radius 2 is 2.05 bits per heavy atom. The average Bonchev–Trinajstić information content (AvgIpc) is 2.42. The minimum atomic E-state index is -0.540. The van der Waals surface area contributed by atoms with Crippen molar-refractivity contribution < 1.29 is 14.6 Å². The van der Waals surface area contributed by atoms with Crippen LogP contribution in [-0.2, 0) is 0 Å². The molecule has 19 heavy (non-hydrogen) atoms. The Bertz CT molecular complexity index is 445. The molecule has 0 aliphatic carbocycles. The summed E-state index contributed by atoms with van der Waals surface area (Å²) in [7, 11) is 0. The molecule has 2 N–H and O–H groups in total. The zero-order chi connectivity index (χ0) is 14.3. The molecule has 0 saturated heterocycles. The molecule has 1 aromatic rings. The molecule has 0 heterocycles. The summed E-state index contributed by atoms with van der Waals surface area (Å²) in [6.45, 7) is 4.24. The normalized spacial score (nSPS) is 11.7. The van der Waals surface area contributed by atoms with Gasteiger partial charge in [-0.05, 0) is 30.2 Å². The summed E-state index contributed by atoms with van der Waals surface area (Å²) in [5.74, 6) is 2.88. The number of terminal acetylenes is 1. The topological polar surface area (TPSA) is 58.6 Å². The molecule has 1 amide bonds. The van der Waals surface area contributed by atoms with E-state index >= 15 is 0 Å². The molecule has 1 aromatic carbocycles. The van der Waals surface area contributed by atoms with E-state index < -0.39 is 6.10 Å². The van der Waals surface area contributed by atoms with Gasteiger partial charge in [-0.25, -0.2) is 0 Å². The summed E-state index contributed by atoms with van der Waals surface area (Å²) in [6, 6.07) is 6.68. The fourth-order valence-electron chi connectivity index (χ4n) is 1.36. The second kappa shape index (κ2) is 7.45. The molecular formula is C15H19NO3. The van der Waals surface area contributed by atoms with E-state index in [1.54, 1.807) is 24.3 Å². The second-order valence-electron chi connectivity index (χ2n) is 4.54. The highest BCUT2D eigenvalue weighted by molar-refractivity contribution is 5.94. The first-order chi connectivity index (χ1) is 9.04. The average molecular weight is 261 g/mol. The molecular weight excluding hydrogens is 242 g/mol. The Balaban J connectivity index is 2.51. The van der Waals surface area contributed by atoms with Crippen molar-refractivity contribution in [3.8, 4) is 18.1 Å². The minimum Gasteiger partial charge on any atom is -0.481 e. The Kier molecular flexibility index (Phi) is 5.91. The van der Waals surface area contributed by atoms with Gasteiger partial charge in [0.1, 0.15) is 12.4 Å². The number of aliphatic hydroxyl groups excluding tert-OH is 1. The Morgan fingerprint density at radius 1 is 1.42 bits per heavy atom. The summed E-state index contributed by atoms with van der Waals surface area (Å²) in [4.78, 5) is 11.8. The van der Waals surface area contributed by atoms with Crippen LogP contribution < -0.4 is 10.1 Å². The van der Waals surface area contributed by atoms with Gasteiger partial charge in [0.15, 0.2) is 0 Å². The number of hydrogen-bond acceptors (Lipinski definition) is 3. The van der Waals surface area contributed by atoms with E-state index in [1.807, 2.05) is 13.8 Å². The van der Waals surface area contributed by atoms with Crippen LogP contribution in [0.2, 0.25) is 0 Å². The summed E-state index contributed by atoms with van der Waals surface area (Å²) in [5.41, 5.74) is 0.518. The van der Waals surface area contributed by atoms with Crippen LogP contribution in [0.25, 0.3) is 0 Å². The maximum atomic E-state index is 11.8. The van der Waals surface area contributed by atoms with Crippen LogP contribution in [0, 0.1) is 18.3 Å². The van der Waals surface area contributed by atoms with E-state index in [4.69, 9.17) is 11.2 Å². The van der Waals surface area contributed by atoms with Crippen LogP contribution in [0.4, 0.5) is 0 Å². The minimum absolute atomic E-state index is 0.111. The maximum absolute atomic E-state index is 11.8. The predicted octanol–water partition coefficient (Wildman–Crippen LogP) is 1.45. The lowest BCUT2D eigenvalue weighted by Gasteiger charge is -2.15. The van der Waals surface area contributed by atoms with Crippen molar-refractivity contribution >= 4 is 5.91 Å². The quantitative estimate of drug-likeness (QED) is 0.762. The molecule has 4 nitrogen and oxygen atoms in total. The highest BCUT2D eigenvalue weighted by Crippen LogP contribution is 2.12. The third-order valence-corrected chi connectivity index (χ3v) is 2.68. The van der Waals surface area contributed by atoms with E-state index in [1.165, 1.54) is 0 Å². The molecule has 1 unspecified atom stereocenters. The van der Waals surface area contributed by atoms with E-state index in [2.05, 4.69) is 11.2 Å². The van der Waals surface area contributed by atoms with Crippen molar-refractivity contribution in [2.45, 2.75) is 20.0 Å². The van der Waals surface area contributed by atoms with E-state index in [-0.39, 0.29) is 25.0 Å². The fraction of sp³-hybridized carbons (Fsp3) is 0.400. The summed E-state index contributed by atoms with van der Waals surface area (Å²) in [6.07, 6.45) is 4.54. The van der Waals surface area contributed by atoms with Gasteiger partial charge in [-0.3, -0.25) is 4.79 Å². The Morgan fingerprint density at radius 3 is 2.58 bits per heavy atom. The monoisotopic (exact) mass is 261 g/mol. The van der Waals surface area contributed by atoms with Crippen molar-refractivity contribution in [1.29, 1.82) is 0 Å². The predicted molar refractivity (Wildman–Crippen MR) is 73.9 cm³/mol. The van der Waals surface area contributed by atoms with Gasteiger partial charge in [0.2, 0.25) is 0 Å². The molecule has 4 heteroatoms. The van der Waals surface area contributed by atoms with Crippen molar-refractivity contribution in [3.63, 3.8) is 0 Å². The zero-order valence-electron chi connectivity index (χ0n) is 11.2. The number of hydrogen-bond donors (Lipinski definition) is 2. The number of carbonyl (C=O) groups excluding carboxylic acids is 1. The highest BCUT2D eigenvalue weighted by Gasteiger charge is 2.11. The fourth-order valence-corrected chi connectivity index (χ4v) is 1.36. The van der Waals surface area contributed by atoms with Gasteiger partial charge >= 0.3 is 0 Å². The largest absolute Gasteiger partial charge is 0.481 e. The molecule has 0 aliphatic rings. The van der Waals surface area contributed by atoms with Crippen molar-refractivity contribution in [1.82, 2.24) is 5.32 Å². The van der Waals surface area contributed by atoms with Gasteiger partial charge in [0.25, 0.3) is 5.91 Å². The number of amides is 1. The SMILES string of the molecule is C#CCOc1ccc(C(=O)NCC(O)C(C)C)cc1. The molecule has 102 valence electrons. The standard InChI is InChI=1S/C15H19NO3/c1-4-9-19-13-7-5-12(6-8-13)15(18)16-10-14(17)11(2)3/h1,5-8,11,14,17H,9-10H2,2-3H3,(H,16,18). The van der Waals surface area contributed by atoms with Crippen LogP contribution in [-0.4, -0.2) is 30.3 Å². The molecule has 0 bridgehead atoms. The van der Waals surface area contributed by atoms with Gasteiger partial charge in [-0.15, -0.1) is 6.42 Å². The van der Waals surface area contributed by atoms with E-state index in [0.717, 1.165) is 0 Å². The van der Waals surface area contributed by atoms with Crippen LogP contribution in [0.1, 0.15) is 24.2 Å². The number of benzene rings is 1. The third-order valence-electron chi connectivity index (χ3n) is 2.68. The van der Waals surface area contributed by atoms with Crippen molar-refractivity contribution in [2.24, 2.45) is 5.92 Å². The van der Waals surface area contributed by atoms with E-state index in [9.17, 15) is 9.90 Å². The molecule has 0 spiro atoms. The lowest BCUT2D eigenvalue weighted by Crippen LogP contribution is -2.34. The summed E-state index contributed by atoms with van der Waals surface area (Å²) < 4.78 is 5.21. The van der Waals surface area contributed by atoms with Gasteiger partial charge < -0.3 is 15.2 Å². The molecule has 0 aliphatic heterocycles. The molecule has 0 saturated carbocycles. The molecule has 0 fully saturated rings. The van der Waals surface area contributed by atoms with Gasteiger partial charge in [-0.1, -0.05) is 19.8 Å². The second-order valence-corrected chi connectivity index (χ2v) is 4.54. The number of carbonyl (C=O) groups is 1. The van der Waals surface area contributed by atoms with Crippen molar-refractivity contribution in [3.05, 3.63) is 29.8 Å². The maximum Gasteiger partial charge on any atom is 0.251 e. The number of nitrogens with one attached hydrogen (secondary N) is 1. The summed E-state index contributed by atoms with van der Waals surface area (Å²) in [5, 5.41) is 12.3. The van der Waals surface area contributed by atoms with Crippen LogP contribution in [0.5, 0.6) is 5.75 Å². The first kappa shape index (κ1) is 15.1. The van der Waals surface area contributed by atoms with Crippen LogP contribution >= 0.6 is 0 Å². The number of aliphatic hydroxyl groups is 1.